The lowest BCUT2D eigenvalue weighted by Gasteiger charge is -2.30. The van der Waals surface area contributed by atoms with Crippen molar-refractivity contribution in [3.63, 3.8) is 0 Å². The molecule has 21 heavy (non-hydrogen) atoms. The van der Waals surface area contributed by atoms with Crippen molar-refractivity contribution in [1.82, 2.24) is 9.80 Å². The van der Waals surface area contributed by atoms with Gasteiger partial charge in [-0.05, 0) is 32.9 Å². The first-order valence-electron chi connectivity index (χ1n) is 7.87. The third-order valence-electron chi connectivity index (χ3n) is 3.69. The zero-order valence-corrected chi connectivity index (χ0v) is 14.5. The lowest BCUT2D eigenvalue weighted by molar-refractivity contribution is -0.151. The van der Waals surface area contributed by atoms with E-state index in [0.717, 1.165) is 19.6 Å². The molecule has 0 unspecified atom stereocenters. The van der Waals surface area contributed by atoms with Crippen LogP contribution >= 0.6 is 0 Å². The van der Waals surface area contributed by atoms with Gasteiger partial charge in [0.2, 0.25) is 5.91 Å². The Morgan fingerprint density at radius 1 is 1.10 bits per heavy atom. The van der Waals surface area contributed by atoms with Gasteiger partial charge in [0.15, 0.2) is 0 Å². The third kappa shape index (κ3) is 7.46. The SMILES string of the molecule is CCN(CC)CCN(CC(C)C)C(=O)CC(C)(C)C(=O)O. The Bertz CT molecular complexity index is 336. The predicted octanol–water partition coefficient (Wildman–Crippen LogP) is 2.31. The van der Waals surface area contributed by atoms with Crippen LogP contribution in [-0.4, -0.2) is 59.5 Å². The number of carboxylic acid groups (broad SMARTS) is 1. The van der Waals surface area contributed by atoms with E-state index in [4.69, 9.17) is 5.11 Å². The molecule has 0 bridgehead atoms. The molecule has 0 fully saturated rings. The largest absolute Gasteiger partial charge is 0.481 e. The summed E-state index contributed by atoms with van der Waals surface area (Å²) in [5, 5.41) is 9.17. The highest BCUT2D eigenvalue weighted by molar-refractivity contribution is 5.84. The van der Waals surface area contributed by atoms with Crippen LogP contribution in [0.15, 0.2) is 0 Å². The summed E-state index contributed by atoms with van der Waals surface area (Å²) in [4.78, 5) is 27.7. The number of hydrogen-bond donors (Lipinski definition) is 1. The molecule has 0 saturated heterocycles. The van der Waals surface area contributed by atoms with Crippen molar-refractivity contribution >= 4 is 11.9 Å². The van der Waals surface area contributed by atoms with Crippen LogP contribution in [0.3, 0.4) is 0 Å². The van der Waals surface area contributed by atoms with Crippen LogP contribution in [0, 0.1) is 11.3 Å². The lowest BCUT2D eigenvalue weighted by atomic mass is 9.89. The maximum atomic E-state index is 12.4. The third-order valence-corrected chi connectivity index (χ3v) is 3.69. The van der Waals surface area contributed by atoms with Crippen LogP contribution in [0.5, 0.6) is 0 Å². The molecule has 5 nitrogen and oxygen atoms in total. The summed E-state index contributed by atoms with van der Waals surface area (Å²) in [6.07, 6.45) is 0.0489. The van der Waals surface area contributed by atoms with Gasteiger partial charge in [0.05, 0.1) is 5.41 Å². The van der Waals surface area contributed by atoms with Crippen molar-refractivity contribution in [3.8, 4) is 0 Å². The van der Waals surface area contributed by atoms with E-state index in [0.29, 0.717) is 19.0 Å². The van der Waals surface area contributed by atoms with Crippen molar-refractivity contribution in [2.24, 2.45) is 11.3 Å². The molecule has 0 aromatic heterocycles. The highest BCUT2D eigenvalue weighted by atomic mass is 16.4. The second kappa shape index (κ2) is 9.03. The van der Waals surface area contributed by atoms with Gasteiger partial charge >= 0.3 is 5.97 Å². The molecular weight excluding hydrogens is 268 g/mol. The summed E-state index contributed by atoms with van der Waals surface area (Å²) in [6.45, 7) is 15.6. The number of aliphatic carboxylic acids is 1. The van der Waals surface area contributed by atoms with Gasteiger partial charge in [-0.25, -0.2) is 0 Å². The summed E-state index contributed by atoms with van der Waals surface area (Å²) in [5.41, 5.74) is -1.01. The fourth-order valence-corrected chi connectivity index (χ4v) is 2.13. The zero-order valence-electron chi connectivity index (χ0n) is 14.5. The van der Waals surface area contributed by atoms with E-state index in [2.05, 4.69) is 32.6 Å². The molecule has 0 aromatic rings. The van der Waals surface area contributed by atoms with Gasteiger partial charge in [0, 0.05) is 26.1 Å². The summed E-state index contributed by atoms with van der Waals surface area (Å²) >= 11 is 0. The molecule has 1 N–H and O–H groups in total. The maximum absolute atomic E-state index is 12.4. The number of carbonyl (C=O) groups excluding carboxylic acids is 1. The number of rotatable bonds is 10. The van der Waals surface area contributed by atoms with Crippen LogP contribution in [0.4, 0.5) is 0 Å². The zero-order chi connectivity index (χ0) is 16.6. The first kappa shape index (κ1) is 19.9. The number of carboxylic acids is 1. The summed E-state index contributed by atoms with van der Waals surface area (Å²) in [7, 11) is 0. The summed E-state index contributed by atoms with van der Waals surface area (Å²) in [6, 6.07) is 0. The van der Waals surface area contributed by atoms with E-state index in [1.165, 1.54) is 0 Å². The first-order valence-corrected chi connectivity index (χ1v) is 7.87. The Labute approximate surface area is 129 Å². The predicted molar refractivity (Wildman–Crippen MR) is 85.2 cm³/mol. The number of nitrogens with zero attached hydrogens (tertiary/aromatic N) is 2. The van der Waals surface area contributed by atoms with Gasteiger partial charge in [-0.15, -0.1) is 0 Å². The summed E-state index contributed by atoms with van der Waals surface area (Å²) in [5.74, 6) is -0.620. The van der Waals surface area contributed by atoms with E-state index in [1.807, 2.05) is 4.90 Å². The molecule has 0 atom stereocenters. The second-order valence-corrected chi connectivity index (χ2v) is 6.63. The standard InChI is InChI=1S/C16H32N2O3/c1-7-17(8-2)9-10-18(12-13(3)4)14(19)11-16(5,6)15(20)21/h13H,7-12H2,1-6H3,(H,20,21). The Morgan fingerprint density at radius 3 is 2.00 bits per heavy atom. The average molecular weight is 300 g/mol. The van der Waals surface area contributed by atoms with Crippen LogP contribution in [0.1, 0.15) is 48.0 Å². The minimum atomic E-state index is -1.01. The van der Waals surface area contributed by atoms with Crippen molar-refractivity contribution in [2.75, 3.05) is 32.7 Å². The number of amides is 1. The van der Waals surface area contributed by atoms with Gasteiger partial charge < -0.3 is 14.9 Å². The Morgan fingerprint density at radius 2 is 1.62 bits per heavy atom. The minimum Gasteiger partial charge on any atom is -0.481 e. The second-order valence-electron chi connectivity index (χ2n) is 6.63. The molecule has 0 aliphatic heterocycles. The normalized spacial score (nSPS) is 12.0. The Hall–Kier alpha value is -1.10. The van der Waals surface area contributed by atoms with Gasteiger partial charge in [0.1, 0.15) is 0 Å². The molecule has 0 radical (unpaired) electrons. The minimum absolute atomic E-state index is 0.0489. The molecule has 0 aliphatic rings. The van der Waals surface area contributed by atoms with Gasteiger partial charge in [-0.2, -0.15) is 0 Å². The van der Waals surface area contributed by atoms with Crippen LogP contribution < -0.4 is 0 Å². The highest BCUT2D eigenvalue weighted by Gasteiger charge is 2.32. The van der Waals surface area contributed by atoms with Crippen LogP contribution in [0.2, 0.25) is 0 Å². The highest BCUT2D eigenvalue weighted by Crippen LogP contribution is 2.22. The maximum Gasteiger partial charge on any atom is 0.309 e. The van der Waals surface area contributed by atoms with Crippen LogP contribution in [-0.2, 0) is 9.59 Å². The van der Waals surface area contributed by atoms with Gasteiger partial charge in [0.25, 0.3) is 0 Å². The smallest absolute Gasteiger partial charge is 0.309 e. The molecule has 0 rings (SSSR count). The number of hydrogen-bond acceptors (Lipinski definition) is 3. The molecular formula is C16H32N2O3. The lowest BCUT2D eigenvalue weighted by Crippen LogP contribution is -2.43. The van der Waals surface area contributed by atoms with E-state index < -0.39 is 11.4 Å². The quantitative estimate of drug-likeness (QED) is 0.672. The summed E-state index contributed by atoms with van der Waals surface area (Å²) < 4.78 is 0. The van der Waals surface area contributed by atoms with E-state index in [1.54, 1.807) is 13.8 Å². The fourth-order valence-electron chi connectivity index (χ4n) is 2.13. The monoisotopic (exact) mass is 300 g/mol. The molecule has 0 spiro atoms. The topological polar surface area (TPSA) is 60.9 Å². The van der Waals surface area contributed by atoms with Crippen molar-refractivity contribution in [1.29, 1.82) is 0 Å². The van der Waals surface area contributed by atoms with Gasteiger partial charge in [-0.3, -0.25) is 9.59 Å². The Kier molecular flexibility index (Phi) is 8.55. The van der Waals surface area contributed by atoms with E-state index >= 15 is 0 Å². The molecule has 1 amide bonds. The fraction of sp³-hybridized carbons (Fsp3) is 0.875. The van der Waals surface area contributed by atoms with Crippen molar-refractivity contribution in [2.45, 2.75) is 48.0 Å². The molecule has 0 heterocycles. The molecule has 0 saturated carbocycles. The van der Waals surface area contributed by atoms with Crippen molar-refractivity contribution < 1.29 is 14.7 Å². The Balaban J connectivity index is 4.74. The van der Waals surface area contributed by atoms with E-state index in [9.17, 15) is 9.59 Å². The van der Waals surface area contributed by atoms with E-state index in [-0.39, 0.29) is 12.3 Å². The molecule has 124 valence electrons. The van der Waals surface area contributed by atoms with Crippen LogP contribution in [0.25, 0.3) is 0 Å². The van der Waals surface area contributed by atoms with Crippen molar-refractivity contribution in [3.05, 3.63) is 0 Å². The molecule has 0 aromatic carbocycles. The molecule has 5 heteroatoms. The average Bonchev–Trinajstić information content (AvgIpc) is 2.37. The number of carbonyl (C=O) groups is 2. The molecule has 0 aliphatic carbocycles. The van der Waals surface area contributed by atoms with Gasteiger partial charge in [-0.1, -0.05) is 27.7 Å². The number of likely N-dealkylation sites (N-methyl/N-ethyl adjacent to an activating group) is 1. The first-order chi connectivity index (χ1) is 9.63.